The Morgan fingerprint density at radius 3 is 2.50 bits per heavy atom. The summed E-state index contributed by atoms with van der Waals surface area (Å²) in [6.07, 6.45) is 0.335. The fourth-order valence-electron chi connectivity index (χ4n) is 2.25. The lowest BCUT2D eigenvalue weighted by atomic mass is 10.1. The Morgan fingerprint density at radius 2 is 1.86 bits per heavy atom. The molecule has 2 rings (SSSR count). The fourth-order valence-corrected chi connectivity index (χ4v) is 2.55. The van der Waals surface area contributed by atoms with Gasteiger partial charge >= 0.3 is 0 Å². The first kappa shape index (κ1) is 16.4. The molecule has 0 aromatic heterocycles. The van der Waals surface area contributed by atoms with Crippen LogP contribution >= 0.6 is 11.6 Å². The number of carbonyl (C=O) groups is 1. The molecule has 2 aromatic rings. The standard InChI is InChI=1S/C18H20ClNO2/c1-3-22-15-10-8-14(9-11-15)12-18(21)20-13(2)16-6-4-5-7-17(16)19/h4-11,13H,3,12H2,1-2H3,(H,20,21). The Balaban J connectivity index is 1.93. The normalized spacial score (nSPS) is 11.8. The highest BCUT2D eigenvalue weighted by Crippen LogP contribution is 2.22. The van der Waals surface area contributed by atoms with Crippen molar-refractivity contribution >= 4 is 17.5 Å². The molecular weight excluding hydrogens is 298 g/mol. The van der Waals surface area contributed by atoms with Gasteiger partial charge in [-0.15, -0.1) is 0 Å². The van der Waals surface area contributed by atoms with E-state index in [-0.39, 0.29) is 11.9 Å². The lowest BCUT2D eigenvalue weighted by molar-refractivity contribution is -0.121. The Bertz CT molecular complexity index is 625. The van der Waals surface area contributed by atoms with Crippen molar-refractivity contribution in [3.63, 3.8) is 0 Å². The first-order chi connectivity index (χ1) is 10.6. The average molecular weight is 318 g/mol. The maximum atomic E-state index is 12.1. The number of hydrogen-bond donors (Lipinski definition) is 1. The van der Waals surface area contributed by atoms with Crippen LogP contribution in [0.2, 0.25) is 5.02 Å². The van der Waals surface area contributed by atoms with E-state index < -0.39 is 0 Å². The summed E-state index contributed by atoms with van der Waals surface area (Å²) in [5, 5.41) is 3.63. The van der Waals surface area contributed by atoms with Gasteiger partial charge in [0.15, 0.2) is 0 Å². The summed E-state index contributed by atoms with van der Waals surface area (Å²) >= 11 is 6.14. The van der Waals surface area contributed by atoms with E-state index in [1.54, 1.807) is 0 Å². The predicted octanol–water partition coefficient (Wildman–Crippen LogP) is 4.16. The number of carbonyl (C=O) groups excluding carboxylic acids is 1. The number of halogens is 1. The fraction of sp³-hybridized carbons (Fsp3) is 0.278. The van der Waals surface area contributed by atoms with Crippen LogP contribution in [0.4, 0.5) is 0 Å². The first-order valence-corrected chi connectivity index (χ1v) is 7.73. The minimum atomic E-state index is -0.121. The number of amides is 1. The van der Waals surface area contributed by atoms with Gasteiger partial charge in [-0.3, -0.25) is 4.79 Å². The number of ether oxygens (including phenoxy) is 1. The second kappa shape index (κ2) is 7.85. The largest absolute Gasteiger partial charge is 0.494 e. The molecule has 0 aliphatic rings. The number of nitrogens with one attached hydrogen (secondary N) is 1. The molecule has 2 aromatic carbocycles. The molecule has 0 aliphatic heterocycles. The van der Waals surface area contributed by atoms with Crippen molar-refractivity contribution in [2.45, 2.75) is 26.3 Å². The number of rotatable bonds is 6. The summed E-state index contributed by atoms with van der Waals surface area (Å²) in [6.45, 7) is 4.50. The third-order valence-corrected chi connectivity index (χ3v) is 3.69. The molecule has 0 saturated heterocycles. The molecule has 0 saturated carbocycles. The van der Waals surface area contributed by atoms with Gasteiger partial charge in [-0.05, 0) is 43.2 Å². The lowest BCUT2D eigenvalue weighted by Crippen LogP contribution is -2.28. The van der Waals surface area contributed by atoms with E-state index in [4.69, 9.17) is 16.3 Å². The van der Waals surface area contributed by atoms with Gasteiger partial charge in [-0.2, -0.15) is 0 Å². The molecule has 1 N–H and O–H groups in total. The van der Waals surface area contributed by atoms with E-state index in [1.165, 1.54) is 0 Å². The maximum Gasteiger partial charge on any atom is 0.224 e. The van der Waals surface area contributed by atoms with Crippen LogP contribution in [-0.2, 0) is 11.2 Å². The monoisotopic (exact) mass is 317 g/mol. The molecule has 0 heterocycles. The Morgan fingerprint density at radius 1 is 1.18 bits per heavy atom. The van der Waals surface area contributed by atoms with Crippen molar-refractivity contribution in [2.24, 2.45) is 0 Å². The summed E-state index contributed by atoms with van der Waals surface area (Å²) < 4.78 is 5.39. The van der Waals surface area contributed by atoms with Crippen LogP contribution in [0.15, 0.2) is 48.5 Å². The first-order valence-electron chi connectivity index (χ1n) is 7.35. The zero-order valence-electron chi connectivity index (χ0n) is 12.8. The smallest absolute Gasteiger partial charge is 0.224 e. The highest BCUT2D eigenvalue weighted by Gasteiger charge is 2.12. The van der Waals surface area contributed by atoms with E-state index in [9.17, 15) is 4.79 Å². The van der Waals surface area contributed by atoms with Crippen molar-refractivity contribution in [1.29, 1.82) is 0 Å². The van der Waals surface area contributed by atoms with Gasteiger partial charge in [0, 0.05) is 5.02 Å². The van der Waals surface area contributed by atoms with Crippen molar-refractivity contribution in [2.75, 3.05) is 6.61 Å². The topological polar surface area (TPSA) is 38.3 Å². The zero-order chi connectivity index (χ0) is 15.9. The van der Waals surface area contributed by atoms with Crippen LogP contribution in [0.1, 0.15) is 31.0 Å². The Labute approximate surface area is 136 Å². The number of hydrogen-bond acceptors (Lipinski definition) is 2. The van der Waals surface area contributed by atoms with Crippen molar-refractivity contribution in [1.82, 2.24) is 5.32 Å². The molecule has 4 heteroatoms. The molecule has 0 spiro atoms. The van der Waals surface area contributed by atoms with Gasteiger partial charge in [0.1, 0.15) is 5.75 Å². The molecule has 116 valence electrons. The third-order valence-electron chi connectivity index (χ3n) is 3.35. The van der Waals surface area contributed by atoms with Gasteiger partial charge in [-0.25, -0.2) is 0 Å². The maximum absolute atomic E-state index is 12.1. The quantitative estimate of drug-likeness (QED) is 0.868. The van der Waals surface area contributed by atoms with E-state index in [2.05, 4.69) is 5.32 Å². The number of benzene rings is 2. The molecule has 0 bridgehead atoms. The van der Waals surface area contributed by atoms with Gasteiger partial charge in [0.05, 0.1) is 19.1 Å². The average Bonchev–Trinajstić information content (AvgIpc) is 2.50. The Kier molecular flexibility index (Phi) is 5.84. The summed E-state index contributed by atoms with van der Waals surface area (Å²) in [5.74, 6) is 0.785. The molecule has 3 nitrogen and oxygen atoms in total. The summed E-state index contributed by atoms with van der Waals surface area (Å²) in [5.41, 5.74) is 1.87. The summed E-state index contributed by atoms with van der Waals surface area (Å²) in [6, 6.07) is 15.0. The molecule has 0 radical (unpaired) electrons. The lowest BCUT2D eigenvalue weighted by Gasteiger charge is -2.15. The third kappa shape index (κ3) is 4.50. The van der Waals surface area contributed by atoms with Crippen LogP contribution in [-0.4, -0.2) is 12.5 Å². The summed E-state index contributed by atoms with van der Waals surface area (Å²) in [4.78, 5) is 12.1. The molecule has 0 fully saturated rings. The second-order valence-electron chi connectivity index (χ2n) is 5.06. The van der Waals surface area contributed by atoms with Crippen LogP contribution in [0, 0.1) is 0 Å². The van der Waals surface area contributed by atoms with Gasteiger partial charge in [0.25, 0.3) is 0 Å². The van der Waals surface area contributed by atoms with Crippen molar-refractivity contribution in [3.8, 4) is 5.75 Å². The second-order valence-corrected chi connectivity index (χ2v) is 5.47. The molecule has 1 amide bonds. The highest BCUT2D eigenvalue weighted by atomic mass is 35.5. The highest BCUT2D eigenvalue weighted by molar-refractivity contribution is 6.31. The van der Waals surface area contributed by atoms with E-state index in [1.807, 2.05) is 62.4 Å². The van der Waals surface area contributed by atoms with E-state index in [0.29, 0.717) is 18.1 Å². The predicted molar refractivity (Wildman–Crippen MR) is 89.3 cm³/mol. The van der Waals surface area contributed by atoms with E-state index >= 15 is 0 Å². The summed E-state index contributed by atoms with van der Waals surface area (Å²) in [7, 11) is 0. The van der Waals surface area contributed by atoms with Gasteiger partial charge in [0.2, 0.25) is 5.91 Å². The van der Waals surface area contributed by atoms with Crippen LogP contribution in [0.3, 0.4) is 0 Å². The molecule has 0 aliphatic carbocycles. The Hall–Kier alpha value is -2.00. The zero-order valence-corrected chi connectivity index (χ0v) is 13.6. The molecule has 22 heavy (non-hydrogen) atoms. The minimum Gasteiger partial charge on any atom is -0.494 e. The SMILES string of the molecule is CCOc1ccc(CC(=O)NC(C)c2ccccc2Cl)cc1. The molecule has 1 unspecified atom stereocenters. The minimum absolute atomic E-state index is 0.0309. The molecule has 1 atom stereocenters. The van der Waals surface area contributed by atoms with Gasteiger partial charge in [-0.1, -0.05) is 41.9 Å². The van der Waals surface area contributed by atoms with Crippen LogP contribution < -0.4 is 10.1 Å². The molecular formula is C18H20ClNO2. The van der Waals surface area contributed by atoms with Crippen LogP contribution in [0.25, 0.3) is 0 Å². The van der Waals surface area contributed by atoms with Gasteiger partial charge < -0.3 is 10.1 Å². The van der Waals surface area contributed by atoms with Crippen LogP contribution in [0.5, 0.6) is 5.75 Å². The van der Waals surface area contributed by atoms with Crippen molar-refractivity contribution in [3.05, 3.63) is 64.7 Å². The van der Waals surface area contributed by atoms with E-state index in [0.717, 1.165) is 16.9 Å². The van der Waals surface area contributed by atoms with Crippen molar-refractivity contribution < 1.29 is 9.53 Å².